The van der Waals surface area contributed by atoms with Crippen LogP contribution < -0.4 is 4.90 Å². The zero-order valence-electron chi connectivity index (χ0n) is 18.4. The molecule has 6 heteroatoms. The van der Waals surface area contributed by atoms with Crippen molar-refractivity contribution in [3.63, 3.8) is 0 Å². The molecule has 0 aliphatic carbocycles. The van der Waals surface area contributed by atoms with Crippen LogP contribution in [0.5, 0.6) is 0 Å². The number of hydrogen-bond acceptors (Lipinski definition) is 5. The molecule has 1 saturated heterocycles. The number of esters is 1. The first-order valence-corrected chi connectivity index (χ1v) is 10.6. The van der Waals surface area contributed by atoms with Crippen LogP contribution in [0, 0.1) is 0 Å². The number of aromatic nitrogens is 1. The molecule has 1 aromatic carbocycles. The number of amides is 1. The summed E-state index contributed by atoms with van der Waals surface area (Å²) in [5, 5.41) is 0. The quantitative estimate of drug-likeness (QED) is 0.663. The summed E-state index contributed by atoms with van der Waals surface area (Å²) in [4.78, 5) is 33.4. The van der Waals surface area contributed by atoms with Crippen molar-refractivity contribution in [1.82, 2.24) is 9.88 Å². The van der Waals surface area contributed by atoms with Gasteiger partial charge in [0.2, 0.25) is 0 Å². The normalized spacial score (nSPS) is 14.3. The standard InChI is InChI=1S/C24H31N3O3/c1-5-27(20-12-9-18(10-13-20)23(29)30-24(2,3)4)21-14-11-19(17-25-21)22(28)26-15-7-6-8-16-26/h9-14,17H,5-8,15-16H2,1-4H3. The van der Waals surface area contributed by atoms with Gasteiger partial charge in [-0.3, -0.25) is 4.79 Å². The molecule has 2 aromatic rings. The van der Waals surface area contributed by atoms with Gasteiger partial charge in [-0.2, -0.15) is 0 Å². The highest BCUT2D eigenvalue weighted by molar-refractivity contribution is 5.94. The van der Waals surface area contributed by atoms with Gasteiger partial charge in [0.25, 0.3) is 5.91 Å². The number of pyridine rings is 1. The number of hydrogen-bond donors (Lipinski definition) is 0. The van der Waals surface area contributed by atoms with Crippen molar-refractivity contribution in [3.05, 3.63) is 53.7 Å². The lowest BCUT2D eigenvalue weighted by atomic mass is 10.1. The van der Waals surface area contributed by atoms with E-state index >= 15 is 0 Å². The molecule has 1 amide bonds. The minimum absolute atomic E-state index is 0.0542. The van der Waals surface area contributed by atoms with Gasteiger partial charge in [-0.15, -0.1) is 0 Å². The molecule has 160 valence electrons. The van der Waals surface area contributed by atoms with Crippen LogP contribution in [0.4, 0.5) is 11.5 Å². The Morgan fingerprint density at radius 1 is 1.00 bits per heavy atom. The van der Waals surface area contributed by atoms with E-state index < -0.39 is 5.60 Å². The predicted octanol–water partition coefficient (Wildman–Crippen LogP) is 4.82. The highest BCUT2D eigenvalue weighted by Gasteiger charge is 2.20. The maximum Gasteiger partial charge on any atom is 0.338 e. The Balaban J connectivity index is 1.72. The molecule has 0 radical (unpaired) electrons. The highest BCUT2D eigenvalue weighted by Crippen LogP contribution is 2.25. The lowest BCUT2D eigenvalue weighted by Gasteiger charge is -2.27. The van der Waals surface area contributed by atoms with Crippen molar-refractivity contribution in [3.8, 4) is 0 Å². The average molecular weight is 410 g/mol. The fourth-order valence-electron chi connectivity index (χ4n) is 3.54. The van der Waals surface area contributed by atoms with Crippen molar-refractivity contribution in [1.29, 1.82) is 0 Å². The smallest absolute Gasteiger partial charge is 0.338 e. The SMILES string of the molecule is CCN(c1ccc(C(=O)OC(C)(C)C)cc1)c1ccc(C(=O)N2CCCCC2)cn1. The van der Waals surface area contributed by atoms with E-state index in [1.165, 1.54) is 6.42 Å². The number of ether oxygens (including phenoxy) is 1. The predicted molar refractivity (Wildman–Crippen MR) is 118 cm³/mol. The molecule has 0 unspecified atom stereocenters. The minimum atomic E-state index is -0.525. The third-order valence-electron chi connectivity index (χ3n) is 5.04. The molecule has 30 heavy (non-hydrogen) atoms. The lowest BCUT2D eigenvalue weighted by Crippen LogP contribution is -2.35. The van der Waals surface area contributed by atoms with Gasteiger partial charge in [-0.25, -0.2) is 9.78 Å². The Morgan fingerprint density at radius 3 is 2.17 bits per heavy atom. The Bertz CT molecular complexity index is 864. The summed E-state index contributed by atoms with van der Waals surface area (Å²) in [7, 11) is 0. The van der Waals surface area contributed by atoms with Crippen LogP contribution in [-0.2, 0) is 4.74 Å². The molecule has 3 rings (SSSR count). The number of anilines is 2. The average Bonchev–Trinajstić information content (AvgIpc) is 2.74. The van der Waals surface area contributed by atoms with Crippen LogP contribution >= 0.6 is 0 Å². The summed E-state index contributed by atoms with van der Waals surface area (Å²) in [6.45, 7) is 9.95. The van der Waals surface area contributed by atoms with E-state index in [2.05, 4.69) is 4.98 Å². The zero-order valence-corrected chi connectivity index (χ0v) is 18.4. The topological polar surface area (TPSA) is 62.7 Å². The van der Waals surface area contributed by atoms with E-state index in [0.717, 1.165) is 37.4 Å². The lowest BCUT2D eigenvalue weighted by molar-refractivity contribution is 0.00694. The summed E-state index contributed by atoms with van der Waals surface area (Å²) in [5.41, 5.74) is 1.53. The zero-order chi connectivity index (χ0) is 21.7. The molecule has 1 fully saturated rings. The summed E-state index contributed by atoms with van der Waals surface area (Å²) in [6, 6.07) is 11.0. The summed E-state index contributed by atoms with van der Waals surface area (Å²) in [5.74, 6) is 0.479. The second kappa shape index (κ2) is 9.28. The Morgan fingerprint density at radius 2 is 1.63 bits per heavy atom. The van der Waals surface area contributed by atoms with Gasteiger partial charge in [0, 0.05) is 31.5 Å². The van der Waals surface area contributed by atoms with Crippen LogP contribution in [0.2, 0.25) is 0 Å². The molecule has 0 bridgehead atoms. The number of benzene rings is 1. The van der Waals surface area contributed by atoms with E-state index in [9.17, 15) is 9.59 Å². The first-order valence-electron chi connectivity index (χ1n) is 10.6. The molecule has 1 aromatic heterocycles. The molecule has 0 spiro atoms. The van der Waals surface area contributed by atoms with E-state index in [4.69, 9.17) is 4.74 Å². The van der Waals surface area contributed by atoms with Gasteiger partial charge >= 0.3 is 5.97 Å². The Labute approximate surface area is 178 Å². The monoisotopic (exact) mass is 409 g/mol. The van der Waals surface area contributed by atoms with Crippen molar-refractivity contribution >= 4 is 23.4 Å². The molecular formula is C24H31N3O3. The second-order valence-electron chi connectivity index (χ2n) is 8.55. The summed E-state index contributed by atoms with van der Waals surface area (Å²) in [6.07, 6.45) is 4.99. The maximum atomic E-state index is 12.6. The second-order valence-corrected chi connectivity index (χ2v) is 8.55. The van der Waals surface area contributed by atoms with Crippen LogP contribution in [0.1, 0.15) is 67.7 Å². The molecule has 0 saturated carbocycles. The molecule has 0 N–H and O–H groups in total. The number of carbonyl (C=O) groups excluding carboxylic acids is 2. The van der Waals surface area contributed by atoms with E-state index in [-0.39, 0.29) is 11.9 Å². The first-order chi connectivity index (χ1) is 14.3. The largest absolute Gasteiger partial charge is 0.456 e. The van der Waals surface area contributed by atoms with Gasteiger partial charge < -0.3 is 14.5 Å². The van der Waals surface area contributed by atoms with Crippen LogP contribution in [-0.4, -0.2) is 47.0 Å². The first kappa shape index (κ1) is 21.8. The minimum Gasteiger partial charge on any atom is -0.456 e. The fourth-order valence-corrected chi connectivity index (χ4v) is 3.54. The molecular weight excluding hydrogens is 378 g/mol. The molecule has 6 nitrogen and oxygen atoms in total. The van der Waals surface area contributed by atoms with E-state index in [1.54, 1.807) is 18.3 Å². The van der Waals surface area contributed by atoms with Crippen LogP contribution in [0.3, 0.4) is 0 Å². The van der Waals surface area contributed by atoms with Gasteiger partial charge in [0.05, 0.1) is 11.1 Å². The van der Waals surface area contributed by atoms with Gasteiger partial charge in [-0.1, -0.05) is 0 Å². The Kier molecular flexibility index (Phi) is 6.75. The van der Waals surface area contributed by atoms with Gasteiger partial charge in [0.1, 0.15) is 11.4 Å². The van der Waals surface area contributed by atoms with E-state index in [1.807, 2.05) is 61.8 Å². The van der Waals surface area contributed by atoms with Crippen molar-refractivity contribution in [2.75, 3.05) is 24.5 Å². The molecule has 1 aliphatic rings. The Hall–Kier alpha value is -2.89. The van der Waals surface area contributed by atoms with Crippen molar-refractivity contribution < 1.29 is 14.3 Å². The summed E-state index contributed by atoms with van der Waals surface area (Å²) < 4.78 is 5.42. The van der Waals surface area contributed by atoms with Gasteiger partial charge in [-0.05, 0) is 83.4 Å². The van der Waals surface area contributed by atoms with Crippen LogP contribution in [0.15, 0.2) is 42.6 Å². The number of carbonyl (C=O) groups is 2. The fraction of sp³-hybridized carbons (Fsp3) is 0.458. The summed E-state index contributed by atoms with van der Waals surface area (Å²) >= 11 is 0. The van der Waals surface area contributed by atoms with Crippen molar-refractivity contribution in [2.45, 2.75) is 52.6 Å². The third-order valence-corrected chi connectivity index (χ3v) is 5.04. The number of nitrogens with zero attached hydrogens (tertiary/aromatic N) is 3. The van der Waals surface area contributed by atoms with Gasteiger partial charge in [0.15, 0.2) is 0 Å². The van der Waals surface area contributed by atoms with Crippen LogP contribution in [0.25, 0.3) is 0 Å². The number of likely N-dealkylation sites (tertiary alicyclic amines) is 1. The molecule has 1 aliphatic heterocycles. The molecule has 2 heterocycles. The molecule has 0 atom stereocenters. The maximum absolute atomic E-state index is 12.6. The van der Waals surface area contributed by atoms with E-state index in [0.29, 0.717) is 17.7 Å². The highest BCUT2D eigenvalue weighted by atomic mass is 16.6. The third kappa shape index (κ3) is 5.38. The van der Waals surface area contributed by atoms with Crippen molar-refractivity contribution in [2.24, 2.45) is 0 Å². The number of rotatable bonds is 5. The number of piperidine rings is 1.